The van der Waals surface area contributed by atoms with Crippen LogP contribution in [0.5, 0.6) is 5.75 Å². The number of hydrogen-bond donors (Lipinski definition) is 0. The molecular formula is C9H7F2NO3. The summed E-state index contributed by atoms with van der Waals surface area (Å²) in [6, 6.07) is 2.08. The molecule has 0 aromatic heterocycles. The van der Waals surface area contributed by atoms with Gasteiger partial charge in [0.2, 0.25) is 6.20 Å². The fraction of sp³-hybridized carbons (Fsp3) is 0.111. The van der Waals surface area contributed by atoms with Gasteiger partial charge in [0.1, 0.15) is 5.82 Å². The summed E-state index contributed by atoms with van der Waals surface area (Å²) in [5.74, 6) is -2.01. The van der Waals surface area contributed by atoms with Crippen molar-refractivity contribution in [2.45, 2.75) is 0 Å². The number of halogens is 2. The van der Waals surface area contributed by atoms with E-state index in [4.69, 9.17) is 0 Å². The molecule has 0 aliphatic carbocycles. The summed E-state index contributed by atoms with van der Waals surface area (Å²) in [5, 5.41) is 9.99. The molecule has 0 N–H and O–H groups in total. The molecule has 80 valence electrons. The van der Waals surface area contributed by atoms with Crippen LogP contribution in [0, 0.1) is 21.7 Å². The van der Waals surface area contributed by atoms with Crippen LogP contribution in [0.4, 0.5) is 8.78 Å². The first kappa shape index (κ1) is 11.1. The van der Waals surface area contributed by atoms with E-state index < -0.39 is 22.1 Å². The van der Waals surface area contributed by atoms with Crippen molar-refractivity contribution in [3.8, 4) is 5.75 Å². The quantitative estimate of drug-likeness (QED) is 0.573. The molecule has 0 atom stereocenters. The van der Waals surface area contributed by atoms with Gasteiger partial charge in [-0.2, -0.15) is 0 Å². The maximum atomic E-state index is 13.3. The van der Waals surface area contributed by atoms with Crippen molar-refractivity contribution < 1.29 is 18.4 Å². The molecule has 0 amide bonds. The van der Waals surface area contributed by atoms with Gasteiger partial charge in [-0.1, -0.05) is 0 Å². The van der Waals surface area contributed by atoms with Gasteiger partial charge in [-0.05, 0) is 12.1 Å². The van der Waals surface area contributed by atoms with Crippen molar-refractivity contribution in [1.82, 2.24) is 0 Å². The number of nitrogens with zero attached hydrogens (tertiary/aromatic N) is 1. The molecule has 0 unspecified atom stereocenters. The van der Waals surface area contributed by atoms with Gasteiger partial charge in [-0.15, -0.1) is 0 Å². The van der Waals surface area contributed by atoms with Crippen molar-refractivity contribution in [3.63, 3.8) is 0 Å². The maximum absolute atomic E-state index is 13.3. The fourth-order valence-electron chi connectivity index (χ4n) is 0.995. The van der Waals surface area contributed by atoms with E-state index in [2.05, 4.69) is 4.74 Å². The summed E-state index contributed by atoms with van der Waals surface area (Å²) in [6.45, 7) is 0. The standard InChI is InChI=1S/C9H7F2NO3/c1-15-8-3-2-7(10)6(9(8)11)4-5-12(13)14/h2-5H,1H3. The van der Waals surface area contributed by atoms with E-state index in [0.29, 0.717) is 6.20 Å². The highest BCUT2D eigenvalue weighted by atomic mass is 19.1. The van der Waals surface area contributed by atoms with Crippen molar-refractivity contribution >= 4 is 6.08 Å². The van der Waals surface area contributed by atoms with Gasteiger partial charge >= 0.3 is 0 Å². The molecule has 1 aromatic rings. The summed E-state index contributed by atoms with van der Waals surface area (Å²) in [7, 11) is 1.22. The summed E-state index contributed by atoms with van der Waals surface area (Å²) in [6.07, 6.45) is 1.20. The largest absolute Gasteiger partial charge is 0.494 e. The molecule has 15 heavy (non-hydrogen) atoms. The molecule has 0 radical (unpaired) electrons. The van der Waals surface area contributed by atoms with E-state index in [1.807, 2.05) is 0 Å². The molecule has 0 spiro atoms. The van der Waals surface area contributed by atoms with Gasteiger partial charge in [0.25, 0.3) is 0 Å². The lowest BCUT2D eigenvalue weighted by atomic mass is 10.2. The second kappa shape index (κ2) is 4.50. The Labute approximate surface area is 83.9 Å². The smallest absolute Gasteiger partial charge is 0.235 e. The van der Waals surface area contributed by atoms with E-state index in [1.165, 1.54) is 7.11 Å². The minimum absolute atomic E-state index is 0.167. The molecule has 0 heterocycles. The second-order valence-electron chi connectivity index (χ2n) is 2.58. The van der Waals surface area contributed by atoms with Gasteiger partial charge < -0.3 is 4.74 Å². The molecule has 0 aliphatic rings. The Kier molecular flexibility index (Phi) is 3.33. The topological polar surface area (TPSA) is 52.4 Å². The van der Waals surface area contributed by atoms with Crippen LogP contribution in [-0.2, 0) is 0 Å². The number of methoxy groups -OCH3 is 1. The lowest BCUT2D eigenvalue weighted by Crippen LogP contribution is -1.95. The van der Waals surface area contributed by atoms with Gasteiger partial charge in [0.05, 0.1) is 17.6 Å². The zero-order valence-electron chi connectivity index (χ0n) is 7.74. The zero-order chi connectivity index (χ0) is 11.4. The highest BCUT2D eigenvalue weighted by Crippen LogP contribution is 2.23. The Balaban J connectivity index is 3.21. The number of nitro groups is 1. The minimum Gasteiger partial charge on any atom is -0.494 e. The van der Waals surface area contributed by atoms with E-state index in [0.717, 1.165) is 18.2 Å². The van der Waals surface area contributed by atoms with E-state index in [1.54, 1.807) is 0 Å². The predicted molar refractivity (Wildman–Crippen MR) is 48.9 cm³/mol. The first-order valence-electron chi connectivity index (χ1n) is 3.90. The van der Waals surface area contributed by atoms with Gasteiger partial charge in [0, 0.05) is 6.08 Å². The van der Waals surface area contributed by atoms with Crippen molar-refractivity contribution in [2.75, 3.05) is 7.11 Å². The molecular weight excluding hydrogens is 208 g/mol. The molecule has 6 heteroatoms. The third-order valence-corrected chi connectivity index (χ3v) is 1.67. The van der Waals surface area contributed by atoms with Gasteiger partial charge in [0.15, 0.2) is 11.6 Å². The van der Waals surface area contributed by atoms with E-state index in [-0.39, 0.29) is 5.75 Å². The summed E-state index contributed by atoms with van der Waals surface area (Å²) >= 11 is 0. The molecule has 0 aliphatic heterocycles. The van der Waals surface area contributed by atoms with Crippen molar-refractivity contribution in [3.05, 3.63) is 45.6 Å². The zero-order valence-corrected chi connectivity index (χ0v) is 7.74. The average Bonchev–Trinajstić information content (AvgIpc) is 2.17. The highest BCUT2D eigenvalue weighted by molar-refractivity contribution is 5.52. The Morgan fingerprint density at radius 2 is 2.13 bits per heavy atom. The first-order valence-corrected chi connectivity index (χ1v) is 3.90. The SMILES string of the molecule is COc1ccc(F)c(C=C[N+](=O)[O-])c1F. The van der Waals surface area contributed by atoms with Crippen LogP contribution in [0.25, 0.3) is 6.08 Å². The van der Waals surface area contributed by atoms with Gasteiger partial charge in [-0.25, -0.2) is 8.78 Å². The Bertz CT molecular complexity index is 418. The highest BCUT2D eigenvalue weighted by Gasteiger charge is 2.12. The number of benzene rings is 1. The Morgan fingerprint density at radius 1 is 1.47 bits per heavy atom. The molecule has 0 saturated heterocycles. The maximum Gasteiger partial charge on any atom is 0.235 e. The average molecular weight is 215 g/mol. The van der Waals surface area contributed by atoms with Crippen LogP contribution in [-0.4, -0.2) is 12.0 Å². The van der Waals surface area contributed by atoms with Crippen LogP contribution in [0.3, 0.4) is 0 Å². The third kappa shape index (κ3) is 2.49. The third-order valence-electron chi connectivity index (χ3n) is 1.67. The van der Waals surface area contributed by atoms with Gasteiger partial charge in [-0.3, -0.25) is 10.1 Å². The van der Waals surface area contributed by atoms with Crippen molar-refractivity contribution in [1.29, 1.82) is 0 Å². The van der Waals surface area contributed by atoms with Crippen molar-refractivity contribution in [2.24, 2.45) is 0 Å². The van der Waals surface area contributed by atoms with E-state index >= 15 is 0 Å². The normalized spacial score (nSPS) is 10.6. The Hall–Kier alpha value is -1.98. The predicted octanol–water partition coefficient (Wildman–Crippen LogP) is 2.22. The fourth-order valence-corrected chi connectivity index (χ4v) is 0.995. The lowest BCUT2D eigenvalue weighted by molar-refractivity contribution is -0.401. The summed E-state index contributed by atoms with van der Waals surface area (Å²) < 4.78 is 31.0. The minimum atomic E-state index is -0.962. The Morgan fingerprint density at radius 3 is 2.67 bits per heavy atom. The van der Waals surface area contributed by atoms with Crippen LogP contribution in [0.1, 0.15) is 5.56 Å². The van der Waals surface area contributed by atoms with E-state index in [9.17, 15) is 18.9 Å². The lowest BCUT2D eigenvalue weighted by Gasteiger charge is -2.04. The summed E-state index contributed by atoms with van der Waals surface area (Å²) in [5.41, 5.74) is -0.494. The van der Waals surface area contributed by atoms with Crippen LogP contribution >= 0.6 is 0 Å². The number of rotatable bonds is 3. The molecule has 0 fully saturated rings. The van der Waals surface area contributed by atoms with Crippen LogP contribution < -0.4 is 4.74 Å². The monoisotopic (exact) mass is 215 g/mol. The molecule has 1 rings (SSSR count). The number of hydrogen-bond acceptors (Lipinski definition) is 3. The molecule has 4 nitrogen and oxygen atoms in total. The van der Waals surface area contributed by atoms with Crippen LogP contribution in [0.15, 0.2) is 18.3 Å². The molecule has 1 aromatic carbocycles. The second-order valence-corrected chi connectivity index (χ2v) is 2.58. The van der Waals surface area contributed by atoms with Crippen LogP contribution in [0.2, 0.25) is 0 Å². The molecule has 0 saturated carbocycles. The number of ether oxygens (including phenoxy) is 1. The molecule has 0 bridgehead atoms. The first-order chi connectivity index (χ1) is 7.06. The summed E-state index contributed by atoms with van der Waals surface area (Å²) in [4.78, 5) is 9.19.